The van der Waals surface area contributed by atoms with E-state index in [0.29, 0.717) is 15.8 Å². The zero-order valence-corrected chi connectivity index (χ0v) is 17.8. The van der Waals surface area contributed by atoms with Crippen molar-refractivity contribution in [1.82, 2.24) is 4.90 Å². The summed E-state index contributed by atoms with van der Waals surface area (Å²) in [6.45, 7) is 2.79. The van der Waals surface area contributed by atoms with Gasteiger partial charge in [0.05, 0.1) is 18.4 Å². The van der Waals surface area contributed by atoms with E-state index in [0.717, 1.165) is 16.9 Å². The number of carbonyl (C=O) groups is 2. The third-order valence-electron chi connectivity index (χ3n) is 4.47. The van der Waals surface area contributed by atoms with Gasteiger partial charge in [0.2, 0.25) is 0 Å². The van der Waals surface area contributed by atoms with E-state index in [-0.39, 0.29) is 24.8 Å². The van der Waals surface area contributed by atoms with Crippen molar-refractivity contribution < 1.29 is 19.1 Å². The molecule has 1 fully saturated rings. The number of nitrogens with zero attached hydrogens (tertiary/aromatic N) is 1. The van der Waals surface area contributed by atoms with Gasteiger partial charge in [-0.25, -0.2) is 0 Å². The Morgan fingerprint density at radius 1 is 1.17 bits per heavy atom. The van der Waals surface area contributed by atoms with Gasteiger partial charge in [0.1, 0.15) is 16.7 Å². The summed E-state index contributed by atoms with van der Waals surface area (Å²) < 4.78 is 10.9. The summed E-state index contributed by atoms with van der Waals surface area (Å²) in [6.07, 6.45) is 1.91. The number of amides is 1. The van der Waals surface area contributed by atoms with Crippen LogP contribution in [-0.2, 0) is 20.9 Å². The quantitative estimate of drug-likeness (QED) is 0.372. The van der Waals surface area contributed by atoms with Crippen molar-refractivity contribution in [1.29, 1.82) is 0 Å². The Balaban J connectivity index is 1.62. The van der Waals surface area contributed by atoms with Gasteiger partial charge in [-0.15, -0.1) is 0 Å². The molecule has 2 aromatic carbocycles. The zero-order chi connectivity index (χ0) is 20.8. The molecule has 0 unspecified atom stereocenters. The van der Waals surface area contributed by atoms with Crippen LogP contribution >= 0.6 is 24.0 Å². The fourth-order valence-electron chi connectivity index (χ4n) is 2.74. The summed E-state index contributed by atoms with van der Waals surface area (Å²) >= 11 is 6.50. The summed E-state index contributed by atoms with van der Waals surface area (Å²) in [5.74, 6) is 0.198. The molecule has 0 aromatic heterocycles. The molecule has 1 amide bonds. The molecule has 0 radical (unpaired) electrons. The molecule has 2 aromatic rings. The van der Waals surface area contributed by atoms with Gasteiger partial charge in [-0.3, -0.25) is 14.5 Å². The van der Waals surface area contributed by atoms with Crippen LogP contribution in [0.3, 0.4) is 0 Å². The number of hydrogen-bond donors (Lipinski definition) is 0. The first kappa shape index (κ1) is 21.1. The van der Waals surface area contributed by atoms with E-state index < -0.39 is 0 Å². The number of benzene rings is 2. The highest BCUT2D eigenvalue weighted by molar-refractivity contribution is 8.26. The van der Waals surface area contributed by atoms with Crippen molar-refractivity contribution in [3.63, 3.8) is 0 Å². The molecule has 0 saturated carbocycles. The molecule has 150 valence electrons. The van der Waals surface area contributed by atoms with E-state index in [1.165, 1.54) is 29.3 Å². The van der Waals surface area contributed by atoms with Crippen molar-refractivity contribution >= 4 is 46.3 Å². The van der Waals surface area contributed by atoms with E-state index >= 15 is 0 Å². The van der Waals surface area contributed by atoms with Crippen LogP contribution in [0.2, 0.25) is 0 Å². The van der Waals surface area contributed by atoms with Gasteiger partial charge in [-0.1, -0.05) is 60.4 Å². The Kier molecular flexibility index (Phi) is 7.06. The van der Waals surface area contributed by atoms with Crippen LogP contribution < -0.4 is 4.74 Å². The van der Waals surface area contributed by atoms with Crippen LogP contribution in [0.15, 0.2) is 53.4 Å². The van der Waals surface area contributed by atoms with E-state index in [1.807, 2.05) is 42.5 Å². The van der Waals surface area contributed by atoms with E-state index in [4.69, 9.17) is 17.0 Å². The molecule has 5 nitrogen and oxygen atoms in total. The third-order valence-corrected chi connectivity index (χ3v) is 5.85. The van der Waals surface area contributed by atoms with Gasteiger partial charge < -0.3 is 9.47 Å². The molecule has 1 aliphatic rings. The molecule has 0 bridgehead atoms. The molecule has 1 aliphatic heterocycles. The average molecular weight is 428 g/mol. The summed E-state index contributed by atoms with van der Waals surface area (Å²) in [4.78, 5) is 25.8. The van der Waals surface area contributed by atoms with E-state index in [1.54, 1.807) is 6.08 Å². The molecule has 7 heteroatoms. The number of ether oxygens (including phenoxy) is 2. The summed E-state index contributed by atoms with van der Waals surface area (Å²) in [5.41, 5.74) is 3.22. The third kappa shape index (κ3) is 5.46. The molecule has 29 heavy (non-hydrogen) atoms. The van der Waals surface area contributed by atoms with Crippen LogP contribution in [0, 0.1) is 6.92 Å². The highest BCUT2D eigenvalue weighted by atomic mass is 32.2. The number of rotatable bonds is 7. The minimum atomic E-state index is -0.371. The maximum absolute atomic E-state index is 12.6. The Labute approximate surface area is 179 Å². The lowest BCUT2D eigenvalue weighted by Gasteiger charge is -2.12. The lowest BCUT2D eigenvalue weighted by Crippen LogP contribution is -2.30. The molecular formula is C22H21NO4S2. The summed E-state index contributed by atoms with van der Waals surface area (Å²) in [7, 11) is 1.32. The number of aryl methyl sites for hydroxylation is 1. The monoisotopic (exact) mass is 427 g/mol. The number of thioether (sulfide) groups is 1. The van der Waals surface area contributed by atoms with Gasteiger partial charge in [0, 0.05) is 6.54 Å². The molecule has 0 spiro atoms. The van der Waals surface area contributed by atoms with Crippen LogP contribution in [-0.4, -0.2) is 34.8 Å². The Hall–Kier alpha value is -2.64. The van der Waals surface area contributed by atoms with Gasteiger partial charge in [0.15, 0.2) is 0 Å². The van der Waals surface area contributed by atoms with E-state index in [9.17, 15) is 9.59 Å². The second-order valence-electron chi connectivity index (χ2n) is 6.44. The molecule has 0 atom stereocenters. The fourth-order valence-corrected chi connectivity index (χ4v) is 4.05. The topological polar surface area (TPSA) is 55.8 Å². The lowest BCUT2D eigenvalue weighted by atomic mass is 10.1. The molecule has 0 N–H and O–H groups in total. The Morgan fingerprint density at radius 3 is 2.59 bits per heavy atom. The second-order valence-corrected chi connectivity index (χ2v) is 8.12. The average Bonchev–Trinajstić information content (AvgIpc) is 2.99. The number of thiocarbonyl (C=S) groups is 1. The highest BCUT2D eigenvalue weighted by Gasteiger charge is 2.32. The van der Waals surface area contributed by atoms with Crippen molar-refractivity contribution in [3.8, 4) is 5.75 Å². The summed E-state index contributed by atoms with van der Waals surface area (Å²) in [6, 6.07) is 15.7. The summed E-state index contributed by atoms with van der Waals surface area (Å²) in [5, 5.41) is 0. The first-order valence-corrected chi connectivity index (χ1v) is 10.3. The number of esters is 1. The van der Waals surface area contributed by atoms with Gasteiger partial charge >= 0.3 is 5.97 Å². The molecule has 0 aliphatic carbocycles. The van der Waals surface area contributed by atoms with Crippen LogP contribution in [0.4, 0.5) is 0 Å². The van der Waals surface area contributed by atoms with E-state index in [2.05, 4.69) is 17.7 Å². The number of carbonyl (C=O) groups excluding carboxylic acids is 2. The molecule has 3 rings (SSSR count). The normalized spacial score (nSPS) is 15.1. The van der Waals surface area contributed by atoms with Crippen LogP contribution in [0.1, 0.15) is 23.1 Å². The fraction of sp³-hybridized carbons (Fsp3) is 0.227. The minimum absolute atomic E-state index is 0.114. The highest BCUT2D eigenvalue weighted by Crippen LogP contribution is 2.32. The molecule has 1 heterocycles. The number of hydrogen-bond acceptors (Lipinski definition) is 6. The predicted octanol–water partition coefficient (Wildman–Crippen LogP) is 4.34. The van der Waals surface area contributed by atoms with Crippen LogP contribution in [0.25, 0.3) is 6.08 Å². The minimum Gasteiger partial charge on any atom is -0.489 e. The zero-order valence-electron chi connectivity index (χ0n) is 16.2. The molecular weight excluding hydrogens is 406 g/mol. The lowest BCUT2D eigenvalue weighted by molar-refractivity contribution is -0.140. The van der Waals surface area contributed by atoms with Gasteiger partial charge in [-0.2, -0.15) is 0 Å². The van der Waals surface area contributed by atoms with Crippen LogP contribution in [0.5, 0.6) is 5.75 Å². The number of methoxy groups -OCH3 is 1. The van der Waals surface area contributed by atoms with Crippen molar-refractivity contribution in [2.75, 3.05) is 13.7 Å². The molecule has 1 saturated heterocycles. The SMILES string of the molecule is COC(=O)CCN1C(=O)/C(=C/c2ccc(OCc3ccccc3C)cc2)SC1=S. The van der Waals surface area contributed by atoms with Gasteiger partial charge in [0.25, 0.3) is 5.91 Å². The van der Waals surface area contributed by atoms with Crippen molar-refractivity contribution in [3.05, 3.63) is 70.1 Å². The first-order chi connectivity index (χ1) is 14.0. The maximum Gasteiger partial charge on any atom is 0.307 e. The van der Waals surface area contributed by atoms with Crippen molar-refractivity contribution in [2.24, 2.45) is 0 Å². The smallest absolute Gasteiger partial charge is 0.307 e. The standard InChI is InChI=1S/C22H21NO4S2/c1-15-5-3-4-6-17(15)14-27-18-9-7-16(8-10-18)13-19-21(25)23(22(28)29-19)12-11-20(24)26-2/h3-10,13H,11-12,14H2,1-2H3/b19-13-. The first-order valence-electron chi connectivity index (χ1n) is 9.07. The Bertz CT molecular complexity index is 954. The maximum atomic E-state index is 12.6. The predicted molar refractivity (Wildman–Crippen MR) is 118 cm³/mol. The largest absolute Gasteiger partial charge is 0.489 e. The Morgan fingerprint density at radius 2 is 1.90 bits per heavy atom. The van der Waals surface area contributed by atoms with Crippen molar-refractivity contribution in [2.45, 2.75) is 20.0 Å². The second kappa shape index (κ2) is 9.71. The van der Waals surface area contributed by atoms with Gasteiger partial charge in [-0.05, 0) is 41.8 Å².